The molecule has 0 spiro atoms. The molecule has 0 radical (unpaired) electrons. The molecule has 0 saturated carbocycles. The minimum Gasteiger partial charge on any atom is -0.465 e. The third-order valence-corrected chi connectivity index (χ3v) is 6.47. The Bertz CT molecular complexity index is 1050. The Hall–Kier alpha value is -2.57. The number of alkyl halides is 3. The van der Waals surface area contributed by atoms with Crippen LogP contribution < -0.4 is 10.7 Å². The van der Waals surface area contributed by atoms with Crippen LogP contribution in [-0.4, -0.2) is 5.91 Å². The van der Waals surface area contributed by atoms with Crippen LogP contribution in [0.15, 0.2) is 21.3 Å². The smallest absolute Gasteiger partial charge is 0.416 e. The molecule has 0 saturated heterocycles. The van der Waals surface area contributed by atoms with Gasteiger partial charge in [0.05, 0.1) is 5.56 Å². The van der Waals surface area contributed by atoms with Crippen molar-refractivity contribution in [2.75, 3.05) is 5.32 Å². The number of halogens is 3. The number of carbonyl (C=O) groups is 1. The molecule has 194 valence electrons. The molecule has 2 rings (SSSR count). The Kier molecular flexibility index (Phi) is 10.6. The predicted molar refractivity (Wildman–Crippen MR) is 134 cm³/mol. The van der Waals surface area contributed by atoms with E-state index < -0.39 is 17.6 Å². The van der Waals surface area contributed by atoms with E-state index in [0.29, 0.717) is 47.4 Å². The molecule has 0 unspecified atom stereocenters. The first-order chi connectivity index (χ1) is 16.5. The minimum absolute atomic E-state index is 0.0856. The first-order valence-electron chi connectivity index (χ1n) is 12.7. The predicted octanol–water partition coefficient (Wildman–Crippen LogP) is 7.95. The van der Waals surface area contributed by atoms with E-state index in [-0.39, 0.29) is 16.8 Å². The molecule has 0 aliphatic heterocycles. The van der Waals surface area contributed by atoms with Gasteiger partial charge in [0, 0.05) is 11.3 Å². The molecular weight excluding hydrogens is 455 g/mol. The summed E-state index contributed by atoms with van der Waals surface area (Å²) in [6.07, 6.45) is 4.43. The van der Waals surface area contributed by atoms with E-state index in [1.165, 1.54) is 25.7 Å². The molecule has 2 aromatic rings. The zero-order valence-electron chi connectivity index (χ0n) is 21.6. The second kappa shape index (κ2) is 12.9. The number of nitrogens with one attached hydrogen (secondary N) is 1. The number of rotatable bonds is 12. The van der Waals surface area contributed by atoms with Crippen molar-refractivity contribution >= 4 is 11.6 Å². The molecule has 1 aromatic carbocycles. The van der Waals surface area contributed by atoms with Crippen LogP contribution in [0.2, 0.25) is 0 Å². The van der Waals surface area contributed by atoms with E-state index in [1.807, 2.05) is 0 Å². The molecule has 7 heteroatoms. The molecule has 1 aromatic heterocycles. The summed E-state index contributed by atoms with van der Waals surface area (Å²) in [5, 5.41) is 2.73. The lowest BCUT2D eigenvalue weighted by Crippen LogP contribution is -2.27. The van der Waals surface area contributed by atoms with E-state index in [2.05, 4.69) is 12.2 Å². The van der Waals surface area contributed by atoms with Crippen molar-refractivity contribution < 1.29 is 22.4 Å². The molecule has 0 aliphatic carbocycles. The molecular formula is C28H38F3NO3. The highest BCUT2D eigenvalue weighted by atomic mass is 19.4. The Morgan fingerprint density at radius 1 is 0.886 bits per heavy atom. The van der Waals surface area contributed by atoms with Gasteiger partial charge in [-0.3, -0.25) is 9.59 Å². The number of hydrogen-bond donors (Lipinski definition) is 1. The van der Waals surface area contributed by atoms with Crippen LogP contribution in [0.5, 0.6) is 0 Å². The van der Waals surface area contributed by atoms with Crippen molar-refractivity contribution in [1.29, 1.82) is 0 Å². The van der Waals surface area contributed by atoms with Gasteiger partial charge in [-0.1, -0.05) is 59.3 Å². The average molecular weight is 494 g/mol. The van der Waals surface area contributed by atoms with Crippen molar-refractivity contribution in [3.63, 3.8) is 0 Å². The van der Waals surface area contributed by atoms with E-state index in [9.17, 15) is 22.8 Å². The van der Waals surface area contributed by atoms with Crippen LogP contribution in [0.3, 0.4) is 0 Å². The maximum absolute atomic E-state index is 13.3. The molecule has 1 N–H and O–H groups in total. The molecule has 35 heavy (non-hydrogen) atoms. The summed E-state index contributed by atoms with van der Waals surface area (Å²) in [7, 11) is 0. The summed E-state index contributed by atoms with van der Waals surface area (Å²) >= 11 is 0. The van der Waals surface area contributed by atoms with Gasteiger partial charge in [0.2, 0.25) is 5.43 Å². The molecule has 0 aliphatic rings. The topological polar surface area (TPSA) is 59.3 Å². The summed E-state index contributed by atoms with van der Waals surface area (Å²) in [5.74, 6) is 0.0607. The van der Waals surface area contributed by atoms with Gasteiger partial charge in [-0.05, 0) is 62.8 Å². The summed E-state index contributed by atoms with van der Waals surface area (Å²) in [4.78, 5) is 26.5. The Balaban J connectivity index is 2.30. The summed E-state index contributed by atoms with van der Waals surface area (Å²) in [6, 6.07) is 2.12. The largest absolute Gasteiger partial charge is 0.465 e. The van der Waals surface area contributed by atoms with E-state index in [4.69, 9.17) is 4.42 Å². The van der Waals surface area contributed by atoms with Gasteiger partial charge >= 0.3 is 6.18 Å². The monoisotopic (exact) mass is 493 g/mol. The normalized spacial score (nSPS) is 11.7. The maximum Gasteiger partial charge on any atom is 0.416 e. The number of hydrogen-bond acceptors (Lipinski definition) is 3. The van der Waals surface area contributed by atoms with Gasteiger partial charge in [-0.15, -0.1) is 0 Å². The highest BCUT2D eigenvalue weighted by molar-refractivity contribution is 6.05. The lowest BCUT2D eigenvalue weighted by molar-refractivity contribution is -0.137. The first-order valence-corrected chi connectivity index (χ1v) is 12.7. The number of aryl methyl sites for hydroxylation is 4. The Morgan fingerprint density at radius 2 is 1.43 bits per heavy atom. The van der Waals surface area contributed by atoms with E-state index in [0.717, 1.165) is 31.4 Å². The fourth-order valence-corrected chi connectivity index (χ4v) is 4.45. The third-order valence-electron chi connectivity index (χ3n) is 6.47. The fourth-order valence-electron chi connectivity index (χ4n) is 4.45. The second-order valence-corrected chi connectivity index (χ2v) is 9.10. The van der Waals surface area contributed by atoms with Crippen molar-refractivity contribution in [2.24, 2.45) is 0 Å². The SMILES string of the molecule is CCCCCCCCCc1c(C)oc(C)c(C(=O)Nc2c(CC)cc(C(F)(F)F)cc2CC)c1=O. The average Bonchev–Trinajstić information content (AvgIpc) is 2.79. The zero-order chi connectivity index (χ0) is 26.2. The van der Waals surface area contributed by atoms with Gasteiger partial charge in [0.25, 0.3) is 5.91 Å². The van der Waals surface area contributed by atoms with Crippen LogP contribution >= 0.6 is 0 Å². The number of benzene rings is 1. The van der Waals surface area contributed by atoms with Crippen LogP contribution in [0.25, 0.3) is 0 Å². The second-order valence-electron chi connectivity index (χ2n) is 9.10. The van der Waals surface area contributed by atoms with Crippen molar-refractivity contribution in [2.45, 2.75) is 105 Å². The molecule has 0 fully saturated rings. The summed E-state index contributed by atoms with van der Waals surface area (Å²) in [5.41, 5.74) is 0.390. The summed E-state index contributed by atoms with van der Waals surface area (Å²) < 4.78 is 45.8. The van der Waals surface area contributed by atoms with Crippen molar-refractivity contribution in [1.82, 2.24) is 0 Å². The van der Waals surface area contributed by atoms with Crippen LogP contribution in [-0.2, 0) is 25.4 Å². The highest BCUT2D eigenvalue weighted by Gasteiger charge is 2.32. The van der Waals surface area contributed by atoms with Crippen molar-refractivity contribution in [3.8, 4) is 0 Å². The van der Waals surface area contributed by atoms with E-state index in [1.54, 1.807) is 27.7 Å². The zero-order valence-corrected chi connectivity index (χ0v) is 21.6. The van der Waals surface area contributed by atoms with Gasteiger partial charge < -0.3 is 9.73 Å². The van der Waals surface area contributed by atoms with Crippen LogP contribution in [0.4, 0.5) is 18.9 Å². The Morgan fingerprint density at radius 3 is 1.94 bits per heavy atom. The van der Waals surface area contributed by atoms with Crippen molar-refractivity contribution in [3.05, 3.63) is 61.7 Å². The van der Waals surface area contributed by atoms with Gasteiger partial charge in [-0.2, -0.15) is 13.2 Å². The first kappa shape index (κ1) is 28.7. The quantitative estimate of drug-likeness (QED) is 0.305. The standard InChI is InChI=1S/C28H38F3NO3/c1-6-9-10-11-12-13-14-15-23-18(4)35-19(5)24(26(23)33)27(34)32-25-20(7-2)16-22(28(29,30)31)17-21(25)8-3/h16-17H,6-15H2,1-5H3,(H,32,34). The van der Waals surface area contributed by atoms with E-state index >= 15 is 0 Å². The lowest BCUT2D eigenvalue weighted by Gasteiger charge is -2.18. The number of carbonyl (C=O) groups excluding carboxylic acids is 1. The lowest BCUT2D eigenvalue weighted by atomic mass is 9.98. The minimum atomic E-state index is -4.48. The maximum atomic E-state index is 13.3. The van der Waals surface area contributed by atoms with Gasteiger partial charge in [0.1, 0.15) is 17.1 Å². The molecule has 1 amide bonds. The number of anilines is 1. The number of amides is 1. The molecule has 0 bridgehead atoms. The highest BCUT2D eigenvalue weighted by Crippen LogP contribution is 2.35. The fraction of sp³-hybridized carbons (Fsp3) is 0.571. The molecule has 0 atom stereocenters. The third kappa shape index (κ3) is 7.45. The van der Waals surface area contributed by atoms with Crippen LogP contribution in [0.1, 0.15) is 110 Å². The van der Waals surface area contributed by atoms with Gasteiger partial charge in [0.15, 0.2) is 0 Å². The Labute approximate surface area is 206 Å². The number of unbranched alkanes of at least 4 members (excludes halogenated alkanes) is 6. The summed E-state index contributed by atoms with van der Waals surface area (Å²) in [6.45, 7) is 8.94. The molecule has 4 nitrogen and oxygen atoms in total. The van der Waals surface area contributed by atoms with Crippen LogP contribution in [0, 0.1) is 13.8 Å². The molecule has 1 heterocycles. The van der Waals surface area contributed by atoms with Gasteiger partial charge in [-0.25, -0.2) is 0 Å².